The van der Waals surface area contributed by atoms with Gasteiger partial charge in [-0.3, -0.25) is 4.79 Å². The van der Waals surface area contributed by atoms with Crippen LogP contribution in [0.1, 0.15) is 41.4 Å². The number of hydrogen-bond acceptors (Lipinski definition) is 4. The largest absolute Gasteiger partial charge is 0.508 e. The van der Waals surface area contributed by atoms with E-state index >= 15 is 0 Å². The Hall–Kier alpha value is -2.34. The standard InChI is InChI=1S/C20H28N4O2/c1-22(2)10-5-12-23-13-9-21-19(23)17-7-4-11-24(15-17)20(26)16-6-3-8-18(25)14-16/h3,6,8-9,13-14,17,25H,4-5,7,10-12,15H2,1-2H3/t17-/m0/s1. The number of aryl methyl sites for hydroxylation is 1. The zero-order valence-corrected chi connectivity index (χ0v) is 15.6. The molecule has 1 aliphatic rings. The highest BCUT2D eigenvalue weighted by atomic mass is 16.3. The monoisotopic (exact) mass is 356 g/mol. The van der Waals surface area contributed by atoms with Gasteiger partial charge in [0.2, 0.25) is 0 Å². The maximum absolute atomic E-state index is 12.8. The van der Waals surface area contributed by atoms with E-state index in [9.17, 15) is 9.90 Å². The molecule has 1 aromatic heterocycles. The van der Waals surface area contributed by atoms with Crippen molar-refractivity contribution in [2.75, 3.05) is 33.7 Å². The Kier molecular flexibility index (Phi) is 5.93. The molecule has 6 nitrogen and oxygen atoms in total. The number of aromatic nitrogens is 2. The van der Waals surface area contributed by atoms with E-state index in [1.54, 1.807) is 18.2 Å². The van der Waals surface area contributed by atoms with E-state index in [1.807, 2.05) is 17.3 Å². The quantitative estimate of drug-likeness (QED) is 0.864. The van der Waals surface area contributed by atoms with Crippen molar-refractivity contribution >= 4 is 5.91 Å². The van der Waals surface area contributed by atoms with Crippen LogP contribution in [0, 0.1) is 0 Å². The summed E-state index contributed by atoms with van der Waals surface area (Å²) < 4.78 is 2.23. The van der Waals surface area contributed by atoms with Gasteiger partial charge in [-0.05, 0) is 58.1 Å². The van der Waals surface area contributed by atoms with Gasteiger partial charge in [-0.15, -0.1) is 0 Å². The number of imidazole rings is 1. The van der Waals surface area contributed by atoms with E-state index in [0.29, 0.717) is 12.1 Å². The highest BCUT2D eigenvalue weighted by molar-refractivity contribution is 5.94. The summed E-state index contributed by atoms with van der Waals surface area (Å²) >= 11 is 0. The first-order valence-electron chi connectivity index (χ1n) is 9.28. The molecular weight excluding hydrogens is 328 g/mol. The number of phenolic OH excluding ortho intramolecular Hbond substituents is 1. The summed E-state index contributed by atoms with van der Waals surface area (Å²) in [6.07, 6.45) is 7.01. The Morgan fingerprint density at radius 2 is 2.23 bits per heavy atom. The van der Waals surface area contributed by atoms with Gasteiger partial charge < -0.3 is 19.5 Å². The lowest BCUT2D eigenvalue weighted by Crippen LogP contribution is -2.39. The first-order chi connectivity index (χ1) is 12.5. The van der Waals surface area contributed by atoms with Crippen LogP contribution >= 0.6 is 0 Å². The summed E-state index contributed by atoms with van der Waals surface area (Å²) in [6, 6.07) is 6.59. The number of carbonyl (C=O) groups excluding carboxylic acids is 1. The van der Waals surface area contributed by atoms with Crippen LogP contribution in [0.2, 0.25) is 0 Å². The van der Waals surface area contributed by atoms with Gasteiger partial charge in [0, 0.05) is 43.5 Å². The van der Waals surface area contributed by atoms with Crippen LogP contribution in [0.5, 0.6) is 5.75 Å². The molecule has 140 valence electrons. The van der Waals surface area contributed by atoms with Gasteiger partial charge in [-0.25, -0.2) is 4.98 Å². The zero-order valence-electron chi connectivity index (χ0n) is 15.6. The van der Waals surface area contributed by atoms with Gasteiger partial charge in [-0.1, -0.05) is 6.07 Å². The Bertz CT molecular complexity index is 741. The third kappa shape index (κ3) is 4.43. The molecule has 1 fully saturated rings. The summed E-state index contributed by atoms with van der Waals surface area (Å²) in [5.74, 6) is 1.45. The molecule has 1 atom stereocenters. The van der Waals surface area contributed by atoms with E-state index in [0.717, 1.165) is 44.7 Å². The Balaban J connectivity index is 1.67. The first-order valence-corrected chi connectivity index (χ1v) is 9.28. The van der Waals surface area contributed by atoms with Crippen molar-refractivity contribution in [3.63, 3.8) is 0 Å². The van der Waals surface area contributed by atoms with E-state index in [1.165, 1.54) is 6.07 Å². The number of amides is 1. The maximum atomic E-state index is 12.8. The molecule has 1 aliphatic heterocycles. The normalized spacial score (nSPS) is 17.7. The van der Waals surface area contributed by atoms with Crippen molar-refractivity contribution in [3.8, 4) is 5.75 Å². The molecule has 6 heteroatoms. The highest BCUT2D eigenvalue weighted by Crippen LogP contribution is 2.27. The number of likely N-dealkylation sites (tertiary alicyclic amines) is 1. The average Bonchev–Trinajstić information content (AvgIpc) is 3.09. The second-order valence-corrected chi connectivity index (χ2v) is 7.28. The third-order valence-corrected chi connectivity index (χ3v) is 4.92. The van der Waals surface area contributed by atoms with Gasteiger partial charge in [0.05, 0.1) is 0 Å². The summed E-state index contributed by atoms with van der Waals surface area (Å²) in [7, 11) is 4.17. The van der Waals surface area contributed by atoms with Gasteiger partial charge in [0.1, 0.15) is 11.6 Å². The van der Waals surface area contributed by atoms with Crippen LogP contribution in [0.4, 0.5) is 0 Å². The van der Waals surface area contributed by atoms with Gasteiger partial charge in [0.15, 0.2) is 0 Å². The van der Waals surface area contributed by atoms with Crippen LogP contribution in [-0.2, 0) is 6.54 Å². The summed E-state index contributed by atoms with van der Waals surface area (Å²) in [5, 5.41) is 9.63. The summed E-state index contributed by atoms with van der Waals surface area (Å²) in [6.45, 7) is 3.43. The molecule has 0 saturated carbocycles. The van der Waals surface area contributed by atoms with Crippen molar-refractivity contribution in [2.45, 2.75) is 31.7 Å². The Morgan fingerprint density at radius 1 is 1.38 bits per heavy atom. The predicted molar refractivity (Wildman–Crippen MR) is 101 cm³/mol. The first kappa shape index (κ1) is 18.5. The van der Waals surface area contributed by atoms with E-state index in [4.69, 9.17) is 0 Å². The molecule has 1 amide bonds. The fourth-order valence-corrected chi connectivity index (χ4v) is 3.62. The number of hydrogen-bond donors (Lipinski definition) is 1. The van der Waals surface area contributed by atoms with Crippen molar-refractivity contribution in [2.24, 2.45) is 0 Å². The van der Waals surface area contributed by atoms with Crippen LogP contribution in [0.25, 0.3) is 0 Å². The number of carbonyl (C=O) groups is 1. The molecule has 2 aromatic rings. The van der Waals surface area contributed by atoms with Crippen molar-refractivity contribution in [1.29, 1.82) is 0 Å². The van der Waals surface area contributed by atoms with Crippen molar-refractivity contribution in [1.82, 2.24) is 19.4 Å². The minimum atomic E-state index is -0.0173. The minimum absolute atomic E-state index is 0.0173. The average molecular weight is 356 g/mol. The fraction of sp³-hybridized carbons (Fsp3) is 0.500. The molecule has 1 N–H and O–H groups in total. The second-order valence-electron chi connectivity index (χ2n) is 7.28. The number of benzene rings is 1. The SMILES string of the molecule is CN(C)CCCn1ccnc1[C@H]1CCCN(C(=O)c2cccc(O)c2)C1. The predicted octanol–water partition coefficient (Wildman–Crippen LogP) is 2.56. The molecule has 26 heavy (non-hydrogen) atoms. The molecule has 2 heterocycles. The third-order valence-electron chi connectivity index (χ3n) is 4.92. The molecule has 1 aromatic carbocycles. The van der Waals surface area contributed by atoms with Crippen LogP contribution < -0.4 is 0 Å². The van der Waals surface area contributed by atoms with Gasteiger partial charge in [0.25, 0.3) is 5.91 Å². The number of nitrogens with zero attached hydrogens (tertiary/aromatic N) is 4. The summed E-state index contributed by atoms with van der Waals surface area (Å²) in [5.41, 5.74) is 0.542. The highest BCUT2D eigenvalue weighted by Gasteiger charge is 2.28. The van der Waals surface area contributed by atoms with Gasteiger partial charge in [-0.2, -0.15) is 0 Å². The van der Waals surface area contributed by atoms with Crippen molar-refractivity contribution < 1.29 is 9.90 Å². The van der Waals surface area contributed by atoms with Crippen LogP contribution in [0.15, 0.2) is 36.7 Å². The Labute approximate surface area is 155 Å². The fourth-order valence-electron chi connectivity index (χ4n) is 3.62. The van der Waals surface area contributed by atoms with Gasteiger partial charge >= 0.3 is 0 Å². The van der Waals surface area contributed by atoms with Crippen molar-refractivity contribution in [3.05, 3.63) is 48.0 Å². The van der Waals surface area contributed by atoms with Crippen LogP contribution in [-0.4, -0.2) is 64.1 Å². The molecule has 0 bridgehead atoms. The maximum Gasteiger partial charge on any atom is 0.254 e. The molecule has 0 unspecified atom stereocenters. The number of aromatic hydroxyl groups is 1. The number of phenols is 1. The lowest BCUT2D eigenvalue weighted by Gasteiger charge is -2.33. The molecular formula is C20H28N4O2. The Morgan fingerprint density at radius 3 is 3.00 bits per heavy atom. The number of rotatable bonds is 6. The lowest BCUT2D eigenvalue weighted by atomic mass is 9.96. The lowest BCUT2D eigenvalue weighted by molar-refractivity contribution is 0.0703. The minimum Gasteiger partial charge on any atom is -0.508 e. The van der Waals surface area contributed by atoms with E-state index in [2.05, 4.69) is 28.5 Å². The molecule has 1 saturated heterocycles. The smallest absolute Gasteiger partial charge is 0.254 e. The molecule has 0 spiro atoms. The second kappa shape index (κ2) is 8.36. The molecule has 3 rings (SSSR count). The van der Waals surface area contributed by atoms with E-state index in [-0.39, 0.29) is 17.6 Å². The van der Waals surface area contributed by atoms with Crippen LogP contribution in [0.3, 0.4) is 0 Å². The van der Waals surface area contributed by atoms with E-state index < -0.39 is 0 Å². The zero-order chi connectivity index (χ0) is 18.5. The topological polar surface area (TPSA) is 61.6 Å². The number of piperidine rings is 1. The molecule has 0 aliphatic carbocycles. The molecule has 0 radical (unpaired) electrons. The summed E-state index contributed by atoms with van der Waals surface area (Å²) in [4.78, 5) is 21.4.